The highest BCUT2D eigenvalue weighted by molar-refractivity contribution is 6.05. The Bertz CT molecular complexity index is 1400. The van der Waals surface area contributed by atoms with Crippen LogP contribution in [0.15, 0.2) is 42.5 Å². The molecule has 3 aromatic rings. The smallest absolute Gasteiger partial charge is 0.269 e. The van der Waals surface area contributed by atoms with Gasteiger partial charge in [-0.15, -0.1) is 0 Å². The molecule has 1 unspecified atom stereocenters. The molecule has 3 amide bonds. The van der Waals surface area contributed by atoms with E-state index in [0.29, 0.717) is 40.7 Å². The number of hydrogen-bond acceptors (Lipinski definition) is 6. The van der Waals surface area contributed by atoms with Crippen LogP contribution in [0.2, 0.25) is 0 Å². The number of amides is 3. The van der Waals surface area contributed by atoms with Crippen molar-refractivity contribution in [1.29, 1.82) is 0 Å². The first-order chi connectivity index (χ1) is 17.9. The molecule has 3 aliphatic rings. The van der Waals surface area contributed by atoms with E-state index in [1.54, 1.807) is 17.0 Å². The number of ether oxygens (including phenoxy) is 2. The lowest BCUT2D eigenvalue weighted by Crippen LogP contribution is -2.49. The Hall–Kier alpha value is -4.08. The largest absolute Gasteiger partial charge is 0.493 e. The maximum absolute atomic E-state index is 13.6. The second kappa shape index (κ2) is 8.79. The van der Waals surface area contributed by atoms with Crippen LogP contribution in [-0.2, 0) is 16.1 Å². The van der Waals surface area contributed by atoms with Crippen molar-refractivity contribution in [2.24, 2.45) is 11.7 Å². The summed E-state index contributed by atoms with van der Waals surface area (Å²) in [6.07, 6.45) is 2.48. The van der Waals surface area contributed by atoms with Gasteiger partial charge in [0, 0.05) is 29.5 Å². The van der Waals surface area contributed by atoms with Crippen LogP contribution in [0.3, 0.4) is 0 Å². The van der Waals surface area contributed by atoms with Crippen molar-refractivity contribution in [2.75, 3.05) is 14.2 Å². The molecule has 37 heavy (non-hydrogen) atoms. The van der Waals surface area contributed by atoms with Gasteiger partial charge in [-0.3, -0.25) is 19.1 Å². The average molecular weight is 504 g/mol. The highest BCUT2D eigenvalue weighted by Gasteiger charge is 2.56. The second-order valence-corrected chi connectivity index (χ2v) is 10.1. The van der Waals surface area contributed by atoms with Crippen molar-refractivity contribution < 1.29 is 23.9 Å². The lowest BCUT2D eigenvalue weighted by atomic mass is 10.1. The van der Waals surface area contributed by atoms with Crippen LogP contribution in [0.1, 0.15) is 41.2 Å². The Balaban J connectivity index is 1.21. The number of methoxy groups -OCH3 is 2. The summed E-state index contributed by atoms with van der Waals surface area (Å²) in [6, 6.07) is 13.1. The lowest BCUT2D eigenvalue weighted by molar-refractivity contribution is -0.140. The molecule has 3 fully saturated rings. The molecule has 5 atom stereocenters. The fraction of sp³-hybridized carbons (Fsp3) is 0.407. The molecule has 2 aliphatic carbocycles. The summed E-state index contributed by atoms with van der Waals surface area (Å²) in [5.41, 5.74) is 7.36. The Morgan fingerprint density at radius 3 is 2.49 bits per heavy atom. The van der Waals surface area contributed by atoms with Crippen molar-refractivity contribution in [3.05, 3.63) is 53.7 Å². The molecule has 192 valence electrons. The first-order valence-electron chi connectivity index (χ1n) is 12.5. The van der Waals surface area contributed by atoms with Crippen LogP contribution in [-0.4, -0.2) is 64.7 Å². The van der Waals surface area contributed by atoms with Crippen molar-refractivity contribution in [1.82, 2.24) is 20.0 Å². The van der Waals surface area contributed by atoms with Crippen LogP contribution in [0.5, 0.6) is 11.5 Å². The van der Waals surface area contributed by atoms with E-state index >= 15 is 0 Å². The fourth-order valence-corrected chi connectivity index (χ4v) is 5.76. The zero-order valence-electron chi connectivity index (χ0n) is 20.7. The quantitative estimate of drug-likeness (QED) is 0.483. The van der Waals surface area contributed by atoms with Crippen molar-refractivity contribution in [3.8, 4) is 11.5 Å². The number of nitrogens with one attached hydrogen (secondary N) is 1. The lowest BCUT2D eigenvalue weighted by Gasteiger charge is -2.27. The standard InChI is InChI=1S/C27H29N5O5/c1-36-22-11-17-20(12-23(22)37-2)31(30-25(17)26(28)34)13-24(33)32-19-8-15(19)9-21(32)27(35)29-18-10-16(18)14-6-4-3-5-7-14/h3-7,11-12,15-16,18-19,21H,8-10,13H2,1-2H3,(H2,28,34)(H,29,35)/t15-,16+,18-,19?,21+/m1/s1. The number of nitrogens with zero attached hydrogens (tertiary/aromatic N) is 3. The zero-order chi connectivity index (χ0) is 25.8. The summed E-state index contributed by atoms with van der Waals surface area (Å²) in [4.78, 5) is 40.6. The van der Waals surface area contributed by atoms with Gasteiger partial charge in [0.15, 0.2) is 17.2 Å². The SMILES string of the molecule is COc1cc2c(C(N)=O)nn(CC(=O)N3C4C[C@@H]4C[C@H]3C(=O)N[C@@H]3C[C@H]3c3ccccc3)c2cc1OC. The molecule has 2 aromatic carbocycles. The molecule has 0 spiro atoms. The Labute approximate surface area is 213 Å². The maximum atomic E-state index is 13.6. The van der Waals surface area contributed by atoms with E-state index in [-0.39, 0.29) is 36.1 Å². The number of fused-ring (bicyclic) bond motifs is 2. The maximum Gasteiger partial charge on any atom is 0.269 e. The van der Waals surface area contributed by atoms with Gasteiger partial charge in [-0.25, -0.2) is 0 Å². The van der Waals surface area contributed by atoms with Gasteiger partial charge < -0.3 is 25.4 Å². The fourth-order valence-electron chi connectivity index (χ4n) is 5.76. The number of likely N-dealkylation sites (tertiary alicyclic amines) is 1. The number of rotatable bonds is 8. The van der Waals surface area contributed by atoms with Gasteiger partial charge >= 0.3 is 0 Å². The van der Waals surface area contributed by atoms with E-state index in [1.807, 2.05) is 18.2 Å². The minimum Gasteiger partial charge on any atom is -0.493 e. The monoisotopic (exact) mass is 503 g/mol. The third-order valence-electron chi connectivity index (χ3n) is 7.82. The van der Waals surface area contributed by atoms with E-state index in [1.165, 1.54) is 24.5 Å². The molecule has 1 saturated heterocycles. The van der Waals surface area contributed by atoms with E-state index in [0.717, 1.165) is 12.8 Å². The molecule has 3 N–H and O–H groups in total. The van der Waals surface area contributed by atoms with Gasteiger partial charge in [-0.2, -0.15) is 5.10 Å². The number of carbonyl (C=O) groups excluding carboxylic acids is 3. The molecule has 0 bridgehead atoms. The second-order valence-electron chi connectivity index (χ2n) is 10.1. The van der Waals surface area contributed by atoms with E-state index < -0.39 is 11.9 Å². The average Bonchev–Trinajstić information content (AvgIpc) is 3.78. The normalized spacial score (nSPS) is 25.5. The molecule has 6 rings (SSSR count). The van der Waals surface area contributed by atoms with Gasteiger partial charge in [0.2, 0.25) is 11.8 Å². The van der Waals surface area contributed by atoms with Crippen LogP contribution in [0, 0.1) is 5.92 Å². The Morgan fingerprint density at radius 1 is 1.05 bits per heavy atom. The van der Waals surface area contributed by atoms with E-state index in [2.05, 4.69) is 22.5 Å². The molecular formula is C27H29N5O5. The highest BCUT2D eigenvalue weighted by atomic mass is 16.5. The van der Waals surface area contributed by atoms with Crippen LogP contribution in [0.25, 0.3) is 10.9 Å². The minimum atomic E-state index is -0.707. The summed E-state index contributed by atoms with van der Waals surface area (Å²) in [5.74, 6) is 0.520. The number of aromatic nitrogens is 2. The predicted octanol–water partition coefficient (Wildman–Crippen LogP) is 1.81. The number of nitrogens with two attached hydrogens (primary N) is 1. The van der Waals surface area contributed by atoms with Gasteiger partial charge in [0.25, 0.3) is 5.91 Å². The molecule has 1 aliphatic heterocycles. The topological polar surface area (TPSA) is 129 Å². The van der Waals surface area contributed by atoms with Crippen LogP contribution < -0.4 is 20.5 Å². The zero-order valence-corrected chi connectivity index (χ0v) is 20.7. The van der Waals surface area contributed by atoms with E-state index in [9.17, 15) is 14.4 Å². The molecule has 1 aromatic heterocycles. The Morgan fingerprint density at radius 2 is 1.78 bits per heavy atom. The Kier molecular flexibility index (Phi) is 5.54. The molecule has 2 heterocycles. The number of piperidine rings is 1. The highest BCUT2D eigenvalue weighted by Crippen LogP contribution is 2.48. The molecule has 0 radical (unpaired) electrons. The number of benzene rings is 2. The summed E-state index contributed by atoms with van der Waals surface area (Å²) >= 11 is 0. The summed E-state index contributed by atoms with van der Waals surface area (Å²) in [5, 5.41) is 7.98. The number of primary amides is 1. The number of carbonyl (C=O) groups is 3. The summed E-state index contributed by atoms with van der Waals surface area (Å²) < 4.78 is 12.2. The van der Waals surface area contributed by atoms with Gasteiger partial charge in [-0.1, -0.05) is 30.3 Å². The van der Waals surface area contributed by atoms with E-state index in [4.69, 9.17) is 15.2 Å². The van der Waals surface area contributed by atoms with Crippen molar-refractivity contribution in [3.63, 3.8) is 0 Å². The molecular weight excluding hydrogens is 474 g/mol. The molecule has 10 heteroatoms. The third kappa shape index (κ3) is 4.06. The predicted molar refractivity (Wildman–Crippen MR) is 134 cm³/mol. The van der Waals surface area contributed by atoms with Gasteiger partial charge in [0.1, 0.15) is 12.6 Å². The van der Waals surface area contributed by atoms with Gasteiger partial charge in [-0.05, 0) is 36.8 Å². The van der Waals surface area contributed by atoms with Crippen LogP contribution in [0.4, 0.5) is 0 Å². The van der Waals surface area contributed by atoms with Crippen molar-refractivity contribution >= 4 is 28.6 Å². The first kappa shape index (κ1) is 23.3. The first-order valence-corrected chi connectivity index (χ1v) is 12.5. The summed E-state index contributed by atoms with van der Waals surface area (Å²) in [7, 11) is 3.00. The van der Waals surface area contributed by atoms with Crippen molar-refractivity contribution in [2.45, 2.75) is 49.9 Å². The molecule has 2 saturated carbocycles. The van der Waals surface area contributed by atoms with Gasteiger partial charge in [0.05, 0.1) is 19.7 Å². The summed E-state index contributed by atoms with van der Waals surface area (Å²) in [6.45, 7) is -0.123. The minimum absolute atomic E-state index is 0.0458. The third-order valence-corrected chi connectivity index (χ3v) is 7.82. The number of hydrogen-bond donors (Lipinski definition) is 2. The molecule has 10 nitrogen and oxygen atoms in total. The van der Waals surface area contributed by atoms with Crippen LogP contribution >= 0.6 is 0 Å².